The summed E-state index contributed by atoms with van der Waals surface area (Å²) in [6, 6.07) is 24.5. The van der Waals surface area contributed by atoms with Crippen molar-refractivity contribution < 1.29 is 52.7 Å². The maximum atomic E-state index is 12.9. The first-order valence-corrected chi connectivity index (χ1v) is 16.9. The number of esters is 1. The second kappa shape index (κ2) is 18.0. The van der Waals surface area contributed by atoms with Crippen molar-refractivity contribution in [2.24, 2.45) is 0 Å². The van der Waals surface area contributed by atoms with Gasteiger partial charge in [-0.1, -0.05) is 54.6 Å². The van der Waals surface area contributed by atoms with E-state index in [4.69, 9.17) is 42.8 Å². The number of H-pyrrole nitrogens is 1. The van der Waals surface area contributed by atoms with Crippen LogP contribution in [0.3, 0.4) is 0 Å². The fraction of sp³-hybridized carbons (Fsp3) is 0.343. The lowest BCUT2D eigenvalue weighted by Crippen LogP contribution is -2.42. The summed E-state index contributed by atoms with van der Waals surface area (Å²) >= 11 is 0. The fourth-order valence-electron chi connectivity index (χ4n) is 5.68. The highest BCUT2D eigenvalue weighted by molar-refractivity contribution is 7.30. The molecule has 0 aliphatic carbocycles. The Morgan fingerprint density at radius 3 is 1.96 bits per heavy atom. The largest absolute Gasteiger partial charge is 0.692 e. The standard InChI is InChI=1S/C35H38N2O10.HO3P/c1-5-44-29(38)21-45-31-30(39)28(47-33(31)37-19-22(2)32(40)36-34(37)41)20-46-35(23-9-7-6-8-10-23,24-11-15-26(42-3)16-12-24)25-13-17-27(43-4)18-14-25;1-4(2)3/h6-19,28,30-31,33,39H,5,20-21H2,1-4H3,(H,36,40,41);(H-,1,2,3)/p+1/t28-,30?,31?,33-;/m0./s1. The first-order valence-electron chi connectivity index (χ1n) is 15.7. The summed E-state index contributed by atoms with van der Waals surface area (Å²) in [5.41, 5.74) is 0.0332. The Balaban J connectivity index is 0.00000138. The number of aromatic nitrogens is 2. The Morgan fingerprint density at radius 2 is 1.45 bits per heavy atom. The molecule has 1 aliphatic rings. The summed E-state index contributed by atoms with van der Waals surface area (Å²) in [6.07, 6.45) is -3.46. The van der Waals surface area contributed by atoms with Gasteiger partial charge in [0.1, 0.15) is 42.0 Å². The number of nitrogens with zero attached hydrogens (tertiary/aromatic N) is 1. The van der Waals surface area contributed by atoms with E-state index >= 15 is 0 Å². The Hall–Kier alpha value is -4.73. The van der Waals surface area contributed by atoms with Crippen LogP contribution in [-0.2, 0) is 33.9 Å². The molecule has 1 aliphatic heterocycles. The minimum absolute atomic E-state index is 0.142. The maximum absolute atomic E-state index is 12.9. The van der Waals surface area contributed by atoms with Crippen molar-refractivity contribution in [3.8, 4) is 11.5 Å². The summed E-state index contributed by atoms with van der Waals surface area (Å²) in [4.78, 5) is 53.7. The number of hydrogen-bond acceptors (Lipinski definition) is 11. The SMILES string of the molecule is CCOC(=O)COC1C(O)[C@H](COC(c2ccccc2)(c2ccc(OC)cc2)c2ccc(OC)cc2)O[C@@H]1n1cc(C)c(=O)[nH]c1=O.O=[P+](O)O. The van der Waals surface area contributed by atoms with E-state index in [1.165, 1.54) is 13.1 Å². The number of ether oxygens (including phenoxy) is 6. The zero-order valence-corrected chi connectivity index (χ0v) is 29.2. The second-order valence-electron chi connectivity index (χ2n) is 11.2. The quantitative estimate of drug-likeness (QED) is 0.0890. The number of methoxy groups -OCH3 is 2. The molecule has 1 fully saturated rings. The molecule has 0 saturated carbocycles. The van der Waals surface area contributed by atoms with Crippen LogP contribution in [-0.4, -0.2) is 82.8 Å². The molecule has 4 N–H and O–H groups in total. The van der Waals surface area contributed by atoms with Gasteiger partial charge >= 0.3 is 19.9 Å². The number of aromatic amines is 1. The van der Waals surface area contributed by atoms with Crippen LogP contribution in [0, 0.1) is 6.92 Å². The number of aryl methyl sites for hydroxylation is 1. The minimum Gasteiger partial charge on any atom is -0.497 e. The number of benzene rings is 3. The Kier molecular flexibility index (Phi) is 13.8. The van der Waals surface area contributed by atoms with E-state index in [1.54, 1.807) is 21.1 Å². The average molecular weight is 728 g/mol. The Bertz CT molecular complexity index is 1810. The first kappa shape index (κ1) is 39.1. The van der Waals surface area contributed by atoms with E-state index in [0.717, 1.165) is 21.3 Å². The molecule has 3 aromatic carbocycles. The molecule has 0 spiro atoms. The van der Waals surface area contributed by atoms with Gasteiger partial charge in [-0.3, -0.25) is 14.3 Å². The third-order valence-electron chi connectivity index (χ3n) is 8.07. The van der Waals surface area contributed by atoms with Crippen molar-refractivity contribution in [2.45, 2.75) is 44.0 Å². The van der Waals surface area contributed by atoms with Crippen LogP contribution in [0.25, 0.3) is 0 Å². The van der Waals surface area contributed by atoms with Crippen LogP contribution >= 0.6 is 8.25 Å². The minimum atomic E-state index is -2.87. The van der Waals surface area contributed by atoms with Crippen LogP contribution < -0.4 is 20.7 Å². The van der Waals surface area contributed by atoms with Crippen LogP contribution in [0.5, 0.6) is 11.5 Å². The van der Waals surface area contributed by atoms with Gasteiger partial charge in [-0.15, -0.1) is 9.79 Å². The van der Waals surface area contributed by atoms with Crippen molar-refractivity contribution in [1.29, 1.82) is 0 Å². The highest BCUT2D eigenvalue weighted by Crippen LogP contribution is 2.43. The number of hydrogen-bond donors (Lipinski definition) is 4. The number of aliphatic hydroxyl groups is 1. The lowest BCUT2D eigenvalue weighted by Gasteiger charge is -2.37. The number of carbonyl (C=O) groups excluding carboxylic acids is 1. The van der Waals surface area contributed by atoms with Crippen molar-refractivity contribution >= 4 is 14.2 Å². The molecular formula is C35H40N2O13P+. The van der Waals surface area contributed by atoms with Gasteiger partial charge in [-0.05, 0) is 54.8 Å². The molecule has 0 radical (unpaired) electrons. The predicted octanol–water partition coefficient (Wildman–Crippen LogP) is 2.71. The van der Waals surface area contributed by atoms with Gasteiger partial charge in [0.25, 0.3) is 5.56 Å². The summed E-state index contributed by atoms with van der Waals surface area (Å²) in [7, 11) is 0.305. The number of rotatable bonds is 13. The summed E-state index contributed by atoms with van der Waals surface area (Å²) < 4.78 is 44.6. The number of carbonyl (C=O) groups is 1. The predicted molar refractivity (Wildman–Crippen MR) is 183 cm³/mol. The maximum Gasteiger partial charge on any atom is 0.692 e. The Morgan fingerprint density at radius 1 is 0.922 bits per heavy atom. The zero-order valence-electron chi connectivity index (χ0n) is 28.3. The fourth-order valence-corrected chi connectivity index (χ4v) is 5.68. The van der Waals surface area contributed by atoms with Crippen LogP contribution in [0.4, 0.5) is 0 Å². The Labute approximate surface area is 293 Å². The van der Waals surface area contributed by atoms with Crippen LogP contribution in [0.1, 0.15) is 35.4 Å². The molecule has 5 rings (SSSR count). The highest BCUT2D eigenvalue weighted by atomic mass is 31.1. The third kappa shape index (κ3) is 9.34. The third-order valence-corrected chi connectivity index (χ3v) is 8.07. The van der Waals surface area contributed by atoms with E-state index in [-0.39, 0.29) is 18.8 Å². The van der Waals surface area contributed by atoms with Crippen LogP contribution in [0.2, 0.25) is 0 Å². The van der Waals surface area contributed by atoms with Gasteiger partial charge in [-0.2, -0.15) is 0 Å². The van der Waals surface area contributed by atoms with Gasteiger partial charge in [0.05, 0.1) is 27.4 Å². The molecule has 1 aromatic heterocycles. The van der Waals surface area contributed by atoms with E-state index in [9.17, 15) is 19.5 Å². The molecule has 15 nitrogen and oxygen atoms in total. The van der Waals surface area contributed by atoms with Gasteiger partial charge in [0.2, 0.25) is 0 Å². The van der Waals surface area contributed by atoms with Gasteiger partial charge in [-0.25, -0.2) is 9.59 Å². The molecule has 272 valence electrons. The molecule has 2 heterocycles. The molecule has 0 bridgehead atoms. The van der Waals surface area contributed by atoms with E-state index in [0.29, 0.717) is 11.5 Å². The van der Waals surface area contributed by atoms with E-state index < -0.39 is 62.2 Å². The number of nitrogens with one attached hydrogen (secondary N) is 1. The average Bonchev–Trinajstić information content (AvgIpc) is 3.44. The van der Waals surface area contributed by atoms with Crippen molar-refractivity contribution in [3.63, 3.8) is 0 Å². The van der Waals surface area contributed by atoms with Gasteiger partial charge in [0.15, 0.2) is 6.23 Å². The molecular weight excluding hydrogens is 687 g/mol. The molecule has 4 atom stereocenters. The molecule has 1 saturated heterocycles. The van der Waals surface area contributed by atoms with E-state index in [1.807, 2.05) is 78.9 Å². The number of aliphatic hydroxyl groups excluding tert-OH is 1. The van der Waals surface area contributed by atoms with Crippen molar-refractivity contribution in [3.05, 3.63) is 128 Å². The van der Waals surface area contributed by atoms with E-state index in [2.05, 4.69) is 4.98 Å². The topological polar surface area (TPSA) is 205 Å². The normalized spacial score (nSPS) is 18.3. The lowest BCUT2D eigenvalue weighted by molar-refractivity contribution is -0.155. The van der Waals surface area contributed by atoms with Gasteiger partial charge in [0, 0.05) is 16.3 Å². The smallest absolute Gasteiger partial charge is 0.497 e. The van der Waals surface area contributed by atoms with Crippen LogP contribution in [0.15, 0.2) is 94.6 Å². The second-order valence-corrected chi connectivity index (χ2v) is 11.7. The summed E-state index contributed by atoms with van der Waals surface area (Å²) in [5, 5.41) is 11.6. The molecule has 16 heteroatoms. The molecule has 4 aromatic rings. The van der Waals surface area contributed by atoms with Crippen molar-refractivity contribution in [2.75, 3.05) is 34.0 Å². The lowest BCUT2D eigenvalue weighted by atomic mass is 9.80. The monoisotopic (exact) mass is 727 g/mol. The van der Waals surface area contributed by atoms with Crippen molar-refractivity contribution in [1.82, 2.24) is 9.55 Å². The zero-order chi connectivity index (χ0) is 37.1. The first-order chi connectivity index (χ1) is 24.4. The molecule has 2 unspecified atom stereocenters. The summed E-state index contributed by atoms with van der Waals surface area (Å²) in [6.45, 7) is 2.66. The summed E-state index contributed by atoms with van der Waals surface area (Å²) in [5.74, 6) is 0.669. The highest BCUT2D eigenvalue weighted by Gasteiger charge is 2.48. The molecule has 0 amide bonds. The molecule has 51 heavy (non-hydrogen) atoms. The van der Waals surface area contributed by atoms with Gasteiger partial charge < -0.3 is 33.5 Å².